The van der Waals surface area contributed by atoms with Crippen molar-refractivity contribution in [2.24, 2.45) is 0 Å². The Bertz CT molecular complexity index is 294. The summed E-state index contributed by atoms with van der Waals surface area (Å²) in [5.74, 6) is 0. The number of rotatable bonds is 1. The molecule has 12 heavy (non-hydrogen) atoms. The molecule has 1 aliphatic carbocycles. The minimum atomic E-state index is -1.52. The largest absolute Gasteiger partial charge is 0.225 e. The van der Waals surface area contributed by atoms with E-state index < -0.39 is 10.5 Å². The van der Waals surface area contributed by atoms with Crippen LogP contribution in [0.2, 0.25) is 0 Å². The zero-order valence-corrected chi connectivity index (χ0v) is 7.61. The average molecular weight is 185 g/mol. The van der Waals surface area contributed by atoms with Crippen LogP contribution < -0.4 is 0 Å². The van der Waals surface area contributed by atoms with Crippen LogP contribution >= 0.6 is 11.6 Å². The summed E-state index contributed by atoms with van der Waals surface area (Å²) in [5, 5.41) is -1.52. The van der Waals surface area contributed by atoms with Gasteiger partial charge in [0.1, 0.15) is 0 Å². The van der Waals surface area contributed by atoms with Crippen molar-refractivity contribution in [2.45, 2.75) is 23.9 Å². The molecular formula is C10H10ClF. The minimum absolute atomic E-state index is 0.422. The van der Waals surface area contributed by atoms with E-state index in [-0.39, 0.29) is 0 Å². The second kappa shape index (κ2) is 2.23. The van der Waals surface area contributed by atoms with E-state index in [0.29, 0.717) is 6.42 Å². The van der Waals surface area contributed by atoms with Crippen molar-refractivity contribution in [2.75, 3.05) is 0 Å². The van der Waals surface area contributed by atoms with Gasteiger partial charge in [-0.15, -0.1) is 0 Å². The molecule has 0 nitrogen and oxygen atoms in total. The summed E-state index contributed by atoms with van der Waals surface area (Å²) in [6.45, 7) is 1.86. The third-order valence-electron chi connectivity index (χ3n) is 2.67. The van der Waals surface area contributed by atoms with Crippen LogP contribution in [-0.2, 0) is 5.41 Å². The second-order valence-corrected chi connectivity index (χ2v) is 4.18. The molecule has 1 aliphatic rings. The van der Waals surface area contributed by atoms with Crippen molar-refractivity contribution in [3.63, 3.8) is 0 Å². The lowest BCUT2D eigenvalue weighted by Crippen LogP contribution is -2.09. The molecule has 0 saturated heterocycles. The van der Waals surface area contributed by atoms with Gasteiger partial charge in [0.25, 0.3) is 0 Å². The molecule has 2 atom stereocenters. The molecule has 0 amide bonds. The topological polar surface area (TPSA) is 0 Å². The molecule has 1 fully saturated rings. The maximum absolute atomic E-state index is 13.3. The summed E-state index contributed by atoms with van der Waals surface area (Å²) in [6.07, 6.45) is 0.422. The summed E-state index contributed by atoms with van der Waals surface area (Å²) in [4.78, 5) is 0. The van der Waals surface area contributed by atoms with Gasteiger partial charge in [0, 0.05) is 11.8 Å². The maximum Gasteiger partial charge on any atom is 0.194 e. The average Bonchev–Trinajstić information content (AvgIpc) is 2.55. The summed E-state index contributed by atoms with van der Waals surface area (Å²) < 4.78 is 13.3. The number of hydrogen-bond acceptors (Lipinski definition) is 0. The molecular weight excluding hydrogens is 175 g/mol. The quantitative estimate of drug-likeness (QED) is 0.588. The van der Waals surface area contributed by atoms with Crippen molar-refractivity contribution in [1.29, 1.82) is 0 Å². The summed E-state index contributed by atoms with van der Waals surface area (Å²) >= 11 is 5.62. The predicted octanol–water partition coefficient (Wildman–Crippen LogP) is 3.25. The Morgan fingerprint density at radius 3 is 2.25 bits per heavy atom. The van der Waals surface area contributed by atoms with Crippen molar-refractivity contribution in [3.8, 4) is 0 Å². The fourth-order valence-electron chi connectivity index (χ4n) is 1.52. The van der Waals surface area contributed by atoms with Gasteiger partial charge >= 0.3 is 0 Å². The normalized spacial score (nSPS) is 39.6. The van der Waals surface area contributed by atoms with Gasteiger partial charge < -0.3 is 0 Å². The van der Waals surface area contributed by atoms with Crippen LogP contribution in [0.3, 0.4) is 0 Å². The molecule has 0 aliphatic heterocycles. The van der Waals surface area contributed by atoms with Crippen molar-refractivity contribution in [3.05, 3.63) is 35.9 Å². The monoisotopic (exact) mass is 184 g/mol. The van der Waals surface area contributed by atoms with Gasteiger partial charge in [0.2, 0.25) is 0 Å². The van der Waals surface area contributed by atoms with Gasteiger partial charge in [-0.1, -0.05) is 48.9 Å². The Balaban J connectivity index is 2.35. The van der Waals surface area contributed by atoms with Gasteiger partial charge in [-0.05, 0) is 5.56 Å². The molecule has 2 unspecified atom stereocenters. The van der Waals surface area contributed by atoms with Crippen molar-refractivity contribution < 1.29 is 4.39 Å². The van der Waals surface area contributed by atoms with Crippen LogP contribution in [0.25, 0.3) is 0 Å². The lowest BCUT2D eigenvalue weighted by atomic mass is 9.98. The molecule has 0 N–H and O–H groups in total. The molecule has 0 spiro atoms. The van der Waals surface area contributed by atoms with Crippen LogP contribution in [0.4, 0.5) is 4.39 Å². The fraction of sp³-hybridized carbons (Fsp3) is 0.400. The first-order valence-electron chi connectivity index (χ1n) is 4.00. The van der Waals surface area contributed by atoms with E-state index in [1.165, 1.54) is 0 Å². The highest BCUT2D eigenvalue weighted by atomic mass is 35.5. The molecule has 1 aromatic carbocycles. The van der Waals surface area contributed by atoms with E-state index in [1.54, 1.807) is 0 Å². The third-order valence-corrected chi connectivity index (χ3v) is 3.22. The highest BCUT2D eigenvalue weighted by Crippen LogP contribution is 2.62. The summed E-state index contributed by atoms with van der Waals surface area (Å²) in [6, 6.07) is 9.58. The lowest BCUT2D eigenvalue weighted by Gasteiger charge is -2.10. The molecule has 1 aromatic rings. The lowest BCUT2D eigenvalue weighted by molar-refractivity contribution is 0.382. The highest BCUT2D eigenvalue weighted by Gasteiger charge is 2.66. The summed E-state index contributed by atoms with van der Waals surface area (Å²) in [7, 11) is 0. The molecule has 0 aromatic heterocycles. The first kappa shape index (κ1) is 8.06. The molecule has 1 saturated carbocycles. The van der Waals surface area contributed by atoms with Gasteiger partial charge in [-0.3, -0.25) is 0 Å². The van der Waals surface area contributed by atoms with E-state index in [4.69, 9.17) is 11.6 Å². The van der Waals surface area contributed by atoms with Gasteiger partial charge in [0.05, 0.1) is 0 Å². The molecule has 2 rings (SSSR count). The van der Waals surface area contributed by atoms with Gasteiger partial charge in [-0.25, -0.2) is 4.39 Å². The Kier molecular flexibility index (Phi) is 1.50. The Labute approximate surface area is 76.4 Å². The maximum atomic E-state index is 13.3. The van der Waals surface area contributed by atoms with Crippen molar-refractivity contribution in [1.82, 2.24) is 0 Å². The molecule has 2 heteroatoms. The number of benzene rings is 1. The zero-order chi connectivity index (χ0) is 8.82. The Morgan fingerprint density at radius 1 is 1.33 bits per heavy atom. The SMILES string of the molecule is CC1(c2ccccc2)CC1(F)Cl. The predicted molar refractivity (Wildman–Crippen MR) is 48.1 cm³/mol. The van der Waals surface area contributed by atoms with Crippen LogP contribution in [0.5, 0.6) is 0 Å². The number of alkyl halides is 2. The van der Waals surface area contributed by atoms with Crippen molar-refractivity contribution >= 4 is 11.6 Å². The summed E-state index contributed by atoms with van der Waals surface area (Å²) in [5.41, 5.74) is 0.526. The van der Waals surface area contributed by atoms with Crippen LogP contribution in [0.15, 0.2) is 30.3 Å². The van der Waals surface area contributed by atoms with Gasteiger partial charge in [-0.2, -0.15) is 0 Å². The first-order valence-corrected chi connectivity index (χ1v) is 4.37. The molecule has 0 bridgehead atoms. The van der Waals surface area contributed by atoms with Gasteiger partial charge in [0.15, 0.2) is 5.13 Å². The van der Waals surface area contributed by atoms with E-state index >= 15 is 0 Å². The molecule has 64 valence electrons. The highest BCUT2D eigenvalue weighted by molar-refractivity contribution is 6.26. The second-order valence-electron chi connectivity index (χ2n) is 3.58. The third kappa shape index (κ3) is 0.962. The van der Waals surface area contributed by atoms with Crippen LogP contribution in [0, 0.1) is 0 Å². The molecule has 0 radical (unpaired) electrons. The van der Waals surface area contributed by atoms with E-state index in [2.05, 4.69) is 0 Å². The zero-order valence-electron chi connectivity index (χ0n) is 6.85. The number of halogens is 2. The van der Waals surface area contributed by atoms with E-state index in [1.807, 2.05) is 37.3 Å². The molecule has 0 heterocycles. The minimum Gasteiger partial charge on any atom is -0.225 e. The smallest absolute Gasteiger partial charge is 0.194 e. The van der Waals surface area contributed by atoms with Crippen LogP contribution in [-0.4, -0.2) is 5.13 Å². The fourth-order valence-corrected chi connectivity index (χ4v) is 1.90. The van der Waals surface area contributed by atoms with E-state index in [0.717, 1.165) is 5.56 Å². The van der Waals surface area contributed by atoms with E-state index in [9.17, 15) is 4.39 Å². The number of hydrogen-bond donors (Lipinski definition) is 0. The Morgan fingerprint density at radius 2 is 1.83 bits per heavy atom. The van der Waals surface area contributed by atoms with Crippen LogP contribution in [0.1, 0.15) is 18.9 Å². The first-order chi connectivity index (χ1) is 5.56. The Hall–Kier alpha value is -0.560. The standard InChI is InChI=1S/C10H10ClF/c1-9(7-10(9,11)12)8-5-3-2-4-6-8/h2-6H,7H2,1H3.